The van der Waals surface area contributed by atoms with Crippen LogP contribution in [-0.4, -0.2) is 74.9 Å². The minimum Gasteiger partial charge on any atom is -0.508 e. The summed E-state index contributed by atoms with van der Waals surface area (Å²) < 4.78 is 0. The van der Waals surface area contributed by atoms with Gasteiger partial charge in [0.25, 0.3) is 0 Å². The van der Waals surface area contributed by atoms with Crippen molar-refractivity contribution in [3.63, 3.8) is 0 Å². The quantitative estimate of drug-likeness (QED) is 0.0929. The fraction of sp³-hybridized carbons (Fsp3) is 0.310. The maximum atomic E-state index is 13.3. The second-order valence-electron chi connectivity index (χ2n) is 10.2. The zero-order chi connectivity index (χ0) is 32.4. The number of H-pyrrole nitrogens is 1. The van der Waals surface area contributed by atoms with Gasteiger partial charge >= 0.3 is 5.97 Å². The number of carboxylic acid groups (broad SMARTS) is 1. The lowest BCUT2D eigenvalue weighted by molar-refractivity contribution is -0.142. The number of carbonyl (C=O) groups excluding carboxylic acids is 5. The van der Waals surface area contributed by atoms with Crippen molar-refractivity contribution in [2.45, 2.75) is 56.3 Å². The Morgan fingerprint density at radius 3 is 2.02 bits per heavy atom. The van der Waals surface area contributed by atoms with Crippen molar-refractivity contribution in [2.75, 3.05) is 0 Å². The van der Waals surface area contributed by atoms with Crippen molar-refractivity contribution in [2.24, 2.45) is 17.2 Å². The fourth-order valence-electron chi connectivity index (χ4n) is 4.48. The Morgan fingerprint density at radius 2 is 1.39 bits per heavy atom. The van der Waals surface area contributed by atoms with Crippen molar-refractivity contribution < 1.29 is 39.0 Å². The predicted octanol–water partition coefficient (Wildman–Crippen LogP) is -1.33. The summed E-state index contributed by atoms with van der Waals surface area (Å²) in [7, 11) is 0. The van der Waals surface area contributed by atoms with E-state index >= 15 is 0 Å². The third-order valence-electron chi connectivity index (χ3n) is 6.79. The van der Waals surface area contributed by atoms with Gasteiger partial charge in [-0.05, 0) is 42.2 Å². The topological polar surface area (TPSA) is 273 Å². The number of carbonyl (C=O) groups is 6. The number of carboxylic acids is 1. The molecule has 0 saturated carbocycles. The monoisotopic (exact) mass is 609 g/mol. The number of hydrogen-bond donors (Lipinski definition) is 9. The molecule has 3 rings (SSSR count). The lowest BCUT2D eigenvalue weighted by atomic mass is 10.0. The van der Waals surface area contributed by atoms with Crippen LogP contribution in [0.15, 0.2) is 54.7 Å². The number of nitrogens with one attached hydrogen (secondary N) is 4. The maximum absolute atomic E-state index is 13.3. The molecule has 15 heteroatoms. The third kappa shape index (κ3) is 9.55. The first-order valence-electron chi connectivity index (χ1n) is 13.6. The van der Waals surface area contributed by atoms with Crippen molar-refractivity contribution in [3.05, 3.63) is 65.9 Å². The summed E-state index contributed by atoms with van der Waals surface area (Å²) in [6, 6.07) is 7.52. The predicted molar refractivity (Wildman–Crippen MR) is 157 cm³/mol. The lowest BCUT2D eigenvalue weighted by Gasteiger charge is -2.25. The average molecular weight is 610 g/mol. The first-order chi connectivity index (χ1) is 20.8. The van der Waals surface area contributed by atoms with Gasteiger partial charge in [0, 0.05) is 29.9 Å². The summed E-state index contributed by atoms with van der Waals surface area (Å²) in [5, 5.41) is 27.1. The number of primary amides is 2. The average Bonchev–Trinajstić information content (AvgIpc) is 3.37. The summed E-state index contributed by atoms with van der Waals surface area (Å²) in [5.74, 6) is -5.82. The van der Waals surface area contributed by atoms with Crippen LogP contribution in [0.1, 0.15) is 30.4 Å². The van der Waals surface area contributed by atoms with Crippen LogP contribution in [-0.2, 0) is 41.6 Å². The molecule has 3 aromatic rings. The molecule has 15 nitrogen and oxygen atoms in total. The van der Waals surface area contributed by atoms with Crippen LogP contribution >= 0.6 is 0 Å². The van der Waals surface area contributed by atoms with Crippen LogP contribution in [0, 0.1) is 0 Å². The van der Waals surface area contributed by atoms with Gasteiger partial charge in [-0.2, -0.15) is 0 Å². The molecule has 0 aliphatic carbocycles. The summed E-state index contributed by atoms with van der Waals surface area (Å²) in [5.41, 5.74) is 18.6. The van der Waals surface area contributed by atoms with Gasteiger partial charge in [-0.15, -0.1) is 0 Å². The second kappa shape index (κ2) is 15.2. The molecular formula is C29H35N7O8. The van der Waals surface area contributed by atoms with E-state index in [-0.39, 0.29) is 31.4 Å². The molecule has 0 aliphatic heterocycles. The fourth-order valence-corrected chi connectivity index (χ4v) is 4.48. The molecule has 0 aliphatic rings. The van der Waals surface area contributed by atoms with E-state index in [0.717, 1.165) is 16.5 Å². The molecule has 44 heavy (non-hydrogen) atoms. The maximum Gasteiger partial charge on any atom is 0.326 e. The van der Waals surface area contributed by atoms with E-state index in [9.17, 15) is 39.0 Å². The van der Waals surface area contributed by atoms with Gasteiger partial charge in [-0.1, -0.05) is 30.3 Å². The summed E-state index contributed by atoms with van der Waals surface area (Å²) in [6.45, 7) is 0. The third-order valence-corrected chi connectivity index (χ3v) is 6.79. The van der Waals surface area contributed by atoms with Gasteiger partial charge in [0.15, 0.2) is 0 Å². The number of para-hydroxylation sites is 1. The van der Waals surface area contributed by atoms with Crippen LogP contribution in [0.2, 0.25) is 0 Å². The number of nitrogens with two attached hydrogens (primary N) is 3. The molecule has 0 radical (unpaired) electrons. The van der Waals surface area contributed by atoms with Crippen LogP contribution in [0.5, 0.6) is 5.75 Å². The molecule has 1 aromatic heterocycles. The summed E-state index contributed by atoms with van der Waals surface area (Å²) in [4.78, 5) is 77.3. The Balaban J connectivity index is 1.77. The normalized spacial score (nSPS) is 13.7. The number of amides is 5. The molecule has 5 amide bonds. The van der Waals surface area contributed by atoms with E-state index in [4.69, 9.17) is 17.2 Å². The molecular weight excluding hydrogens is 574 g/mol. The minimum absolute atomic E-state index is 0.0515. The summed E-state index contributed by atoms with van der Waals surface area (Å²) >= 11 is 0. The Labute approximate surface area is 251 Å². The lowest BCUT2D eigenvalue weighted by Crippen LogP contribution is -2.58. The van der Waals surface area contributed by atoms with E-state index in [1.54, 1.807) is 6.20 Å². The largest absolute Gasteiger partial charge is 0.508 e. The molecule has 0 saturated heterocycles. The van der Waals surface area contributed by atoms with E-state index in [1.165, 1.54) is 24.3 Å². The molecule has 234 valence electrons. The molecule has 0 bridgehead atoms. The molecule has 0 fully saturated rings. The van der Waals surface area contributed by atoms with Crippen LogP contribution < -0.4 is 33.2 Å². The highest BCUT2D eigenvalue weighted by Crippen LogP contribution is 2.19. The number of hydrogen-bond acceptors (Lipinski definition) is 8. The van der Waals surface area contributed by atoms with Gasteiger partial charge in [-0.3, -0.25) is 24.0 Å². The Kier molecular flexibility index (Phi) is 11.4. The zero-order valence-corrected chi connectivity index (χ0v) is 23.6. The molecule has 4 unspecified atom stereocenters. The Bertz CT molecular complexity index is 1520. The number of aromatic amines is 1. The molecule has 12 N–H and O–H groups in total. The van der Waals surface area contributed by atoms with Gasteiger partial charge in [0.2, 0.25) is 29.5 Å². The highest BCUT2D eigenvalue weighted by atomic mass is 16.4. The van der Waals surface area contributed by atoms with Crippen molar-refractivity contribution >= 4 is 46.4 Å². The van der Waals surface area contributed by atoms with Crippen LogP contribution in [0.3, 0.4) is 0 Å². The van der Waals surface area contributed by atoms with E-state index in [0.29, 0.717) is 5.56 Å². The smallest absolute Gasteiger partial charge is 0.326 e. The molecule has 0 spiro atoms. The van der Waals surface area contributed by atoms with Gasteiger partial charge in [0.05, 0.1) is 12.5 Å². The molecule has 2 aromatic carbocycles. The van der Waals surface area contributed by atoms with Crippen molar-refractivity contribution in [3.8, 4) is 5.75 Å². The highest BCUT2D eigenvalue weighted by Gasteiger charge is 2.31. The van der Waals surface area contributed by atoms with Crippen molar-refractivity contribution in [1.29, 1.82) is 0 Å². The number of benzene rings is 2. The number of rotatable bonds is 16. The second-order valence-corrected chi connectivity index (χ2v) is 10.2. The first kappa shape index (κ1) is 33.1. The SMILES string of the molecule is NC(=O)CCC(NC(=O)C(Cc1ccc(O)cc1)NC(=O)C(CC(N)=O)NC(=O)C(N)Cc1c[nH]c2ccccc12)C(=O)O. The Morgan fingerprint density at radius 1 is 0.773 bits per heavy atom. The van der Waals surface area contributed by atoms with Gasteiger partial charge in [0.1, 0.15) is 23.9 Å². The van der Waals surface area contributed by atoms with E-state index < -0.39 is 66.1 Å². The number of aliphatic carboxylic acids is 1. The van der Waals surface area contributed by atoms with Crippen LogP contribution in [0.4, 0.5) is 0 Å². The highest BCUT2D eigenvalue weighted by molar-refractivity contribution is 5.96. The minimum atomic E-state index is -1.52. The number of phenolic OH excluding ortho intramolecular Hbond substituents is 1. The molecule has 4 atom stereocenters. The van der Waals surface area contributed by atoms with Crippen molar-refractivity contribution in [1.82, 2.24) is 20.9 Å². The number of fused-ring (bicyclic) bond motifs is 1. The molecule has 1 heterocycles. The number of phenols is 1. The zero-order valence-electron chi connectivity index (χ0n) is 23.6. The first-order valence-corrected chi connectivity index (χ1v) is 13.6. The number of aromatic nitrogens is 1. The standard InChI is InChI=1S/C29H35N7O8/c30-19(12-16-14-33-20-4-2-1-3-18(16)20)26(40)35-23(13-25(32)39)28(42)36-22(11-15-5-7-17(37)8-6-15)27(41)34-21(29(43)44)9-10-24(31)38/h1-8,14,19,21-23,33,37H,9-13,30H2,(H2,31,38)(H2,32,39)(H,34,41)(H,35,40)(H,36,42)(H,43,44). The van der Waals surface area contributed by atoms with E-state index in [2.05, 4.69) is 20.9 Å². The van der Waals surface area contributed by atoms with E-state index in [1.807, 2.05) is 24.3 Å². The Hall–Kier alpha value is -5.44. The number of aromatic hydroxyl groups is 1. The van der Waals surface area contributed by atoms with Gasteiger partial charge < -0.3 is 48.3 Å². The summed E-state index contributed by atoms with van der Waals surface area (Å²) in [6.07, 6.45) is 0.404. The van der Waals surface area contributed by atoms with Gasteiger partial charge in [-0.25, -0.2) is 4.79 Å². The van der Waals surface area contributed by atoms with Crippen LogP contribution in [0.25, 0.3) is 10.9 Å².